The first-order chi connectivity index (χ1) is 10.1. The second-order valence-corrected chi connectivity index (χ2v) is 5.82. The fourth-order valence-corrected chi connectivity index (χ4v) is 2.88. The van der Waals surface area contributed by atoms with Crippen molar-refractivity contribution in [3.63, 3.8) is 0 Å². The zero-order chi connectivity index (χ0) is 15.2. The van der Waals surface area contributed by atoms with Crippen LogP contribution < -0.4 is 5.32 Å². The summed E-state index contributed by atoms with van der Waals surface area (Å²) >= 11 is 0. The van der Waals surface area contributed by atoms with Crippen LogP contribution >= 0.6 is 0 Å². The third-order valence-electron chi connectivity index (χ3n) is 4.13. The minimum atomic E-state index is -0.896. The highest BCUT2D eigenvalue weighted by atomic mass is 16.4. The smallest absolute Gasteiger partial charge is 0.339 e. The maximum absolute atomic E-state index is 11.3. The van der Waals surface area contributed by atoms with Crippen molar-refractivity contribution < 1.29 is 9.90 Å². The van der Waals surface area contributed by atoms with Crippen molar-refractivity contribution in [2.24, 2.45) is 7.05 Å². The number of hydrogen-bond donors (Lipinski definition) is 2. The summed E-state index contributed by atoms with van der Waals surface area (Å²) in [5.74, 6) is -0.896. The van der Waals surface area contributed by atoms with Gasteiger partial charge in [-0.3, -0.25) is 9.58 Å². The third kappa shape index (κ3) is 4.28. The monoisotopic (exact) mass is 294 g/mol. The van der Waals surface area contributed by atoms with Crippen LogP contribution in [0.5, 0.6) is 0 Å². The minimum Gasteiger partial charge on any atom is -0.478 e. The third-order valence-corrected chi connectivity index (χ3v) is 4.13. The van der Waals surface area contributed by atoms with Crippen LogP contribution in [0.4, 0.5) is 0 Å². The number of aryl methyl sites for hydroxylation is 1. The molecule has 1 fully saturated rings. The van der Waals surface area contributed by atoms with Gasteiger partial charge in [-0.2, -0.15) is 5.10 Å². The largest absolute Gasteiger partial charge is 0.478 e. The molecule has 0 saturated carbocycles. The number of carboxylic acids is 1. The number of carboxylic acid groups (broad SMARTS) is 1. The number of rotatable bonds is 8. The highest BCUT2D eigenvalue weighted by Gasteiger charge is 2.21. The summed E-state index contributed by atoms with van der Waals surface area (Å²) in [4.78, 5) is 13.6. The fourth-order valence-electron chi connectivity index (χ4n) is 2.88. The van der Waals surface area contributed by atoms with Crippen LogP contribution in [0.2, 0.25) is 0 Å². The molecule has 6 nitrogen and oxygen atoms in total. The average molecular weight is 294 g/mol. The molecule has 1 unspecified atom stereocenters. The number of nitrogens with one attached hydrogen (secondary N) is 1. The molecule has 1 atom stereocenters. The summed E-state index contributed by atoms with van der Waals surface area (Å²) in [6, 6.07) is 0.531. The first kappa shape index (κ1) is 16.0. The van der Waals surface area contributed by atoms with Crippen LogP contribution in [-0.4, -0.2) is 51.4 Å². The van der Waals surface area contributed by atoms with E-state index in [1.165, 1.54) is 19.0 Å². The van der Waals surface area contributed by atoms with Crippen molar-refractivity contribution >= 4 is 5.97 Å². The van der Waals surface area contributed by atoms with Crippen LogP contribution in [-0.2, 0) is 13.6 Å². The summed E-state index contributed by atoms with van der Waals surface area (Å²) in [5.41, 5.74) is 1.11. The maximum atomic E-state index is 11.3. The van der Waals surface area contributed by atoms with Gasteiger partial charge >= 0.3 is 5.97 Å². The van der Waals surface area contributed by atoms with Gasteiger partial charge in [0.1, 0.15) is 5.56 Å². The summed E-state index contributed by atoms with van der Waals surface area (Å²) in [6.07, 6.45) is 6.17. The van der Waals surface area contributed by atoms with Crippen LogP contribution in [0.1, 0.15) is 48.7 Å². The van der Waals surface area contributed by atoms with Crippen molar-refractivity contribution in [3.8, 4) is 0 Å². The topological polar surface area (TPSA) is 70.4 Å². The standard InChI is InChI=1S/C15H26N4O2/c1-3-4-8-19(10-12-6-5-7-16-12)11-14-13(15(20)21)9-17-18(14)2/h9,12,16H,3-8,10-11H2,1-2H3,(H,20,21). The Balaban J connectivity index is 2.06. The number of carbonyl (C=O) groups is 1. The Labute approximate surface area is 126 Å². The summed E-state index contributed by atoms with van der Waals surface area (Å²) < 4.78 is 1.68. The van der Waals surface area contributed by atoms with Crippen molar-refractivity contribution in [3.05, 3.63) is 17.5 Å². The fraction of sp³-hybridized carbons (Fsp3) is 0.733. The van der Waals surface area contributed by atoms with Gasteiger partial charge in [0.2, 0.25) is 0 Å². The molecule has 1 saturated heterocycles. The van der Waals surface area contributed by atoms with Gasteiger partial charge in [0, 0.05) is 26.2 Å². The van der Waals surface area contributed by atoms with Gasteiger partial charge in [-0.1, -0.05) is 13.3 Å². The van der Waals surface area contributed by atoms with Crippen LogP contribution in [0.3, 0.4) is 0 Å². The molecule has 1 aromatic heterocycles. The van der Waals surface area contributed by atoms with Gasteiger partial charge in [-0.25, -0.2) is 4.79 Å². The normalized spacial score (nSPS) is 18.5. The molecular weight excluding hydrogens is 268 g/mol. The zero-order valence-electron chi connectivity index (χ0n) is 13.0. The predicted molar refractivity (Wildman–Crippen MR) is 81.4 cm³/mol. The number of nitrogens with zero attached hydrogens (tertiary/aromatic N) is 3. The van der Waals surface area contributed by atoms with E-state index in [0.717, 1.165) is 38.2 Å². The molecule has 1 aliphatic rings. The first-order valence-corrected chi connectivity index (χ1v) is 7.81. The van der Waals surface area contributed by atoms with E-state index in [9.17, 15) is 9.90 Å². The van der Waals surface area contributed by atoms with E-state index >= 15 is 0 Å². The molecule has 2 heterocycles. The summed E-state index contributed by atoms with van der Waals surface area (Å²) in [7, 11) is 1.81. The molecule has 118 valence electrons. The van der Waals surface area contributed by atoms with Gasteiger partial charge in [0.15, 0.2) is 0 Å². The van der Waals surface area contributed by atoms with Gasteiger partial charge < -0.3 is 10.4 Å². The summed E-state index contributed by atoms with van der Waals surface area (Å²) in [5, 5.41) is 16.9. The SMILES string of the molecule is CCCCN(Cc1c(C(=O)O)cnn1C)CC1CCCN1. The molecule has 2 rings (SSSR count). The Hall–Kier alpha value is -1.40. The van der Waals surface area contributed by atoms with Crippen molar-refractivity contribution in [1.29, 1.82) is 0 Å². The molecule has 21 heavy (non-hydrogen) atoms. The van der Waals surface area contributed by atoms with Crippen LogP contribution in [0, 0.1) is 0 Å². The minimum absolute atomic E-state index is 0.318. The molecule has 0 bridgehead atoms. The molecule has 6 heteroatoms. The molecule has 0 amide bonds. The van der Waals surface area contributed by atoms with E-state index in [0.29, 0.717) is 18.2 Å². The lowest BCUT2D eigenvalue weighted by atomic mass is 10.1. The van der Waals surface area contributed by atoms with E-state index < -0.39 is 5.97 Å². The lowest BCUT2D eigenvalue weighted by Crippen LogP contribution is -2.38. The number of hydrogen-bond acceptors (Lipinski definition) is 4. The van der Waals surface area contributed by atoms with Crippen molar-refractivity contribution in [2.75, 3.05) is 19.6 Å². The van der Waals surface area contributed by atoms with Gasteiger partial charge in [-0.05, 0) is 32.4 Å². The number of aromatic nitrogens is 2. The Morgan fingerprint density at radius 2 is 2.43 bits per heavy atom. The van der Waals surface area contributed by atoms with Crippen LogP contribution in [0.25, 0.3) is 0 Å². The first-order valence-electron chi connectivity index (χ1n) is 7.81. The molecule has 1 aromatic rings. The van der Waals surface area contributed by atoms with E-state index in [4.69, 9.17) is 0 Å². The number of unbranched alkanes of at least 4 members (excludes halogenated alkanes) is 1. The van der Waals surface area contributed by atoms with E-state index in [1.807, 2.05) is 7.05 Å². The highest BCUT2D eigenvalue weighted by Crippen LogP contribution is 2.14. The molecular formula is C15H26N4O2. The lowest BCUT2D eigenvalue weighted by molar-refractivity contribution is 0.0694. The molecule has 0 spiro atoms. The van der Waals surface area contributed by atoms with E-state index in [2.05, 4.69) is 22.2 Å². The second-order valence-electron chi connectivity index (χ2n) is 5.82. The Morgan fingerprint density at radius 3 is 3.05 bits per heavy atom. The predicted octanol–water partition coefficient (Wildman–Crippen LogP) is 1.47. The summed E-state index contributed by atoms with van der Waals surface area (Å²) in [6.45, 7) is 5.90. The zero-order valence-corrected chi connectivity index (χ0v) is 13.0. The van der Waals surface area contributed by atoms with Gasteiger partial charge in [0.05, 0.1) is 11.9 Å². The Bertz CT molecular complexity index is 466. The van der Waals surface area contributed by atoms with Gasteiger partial charge in [0.25, 0.3) is 0 Å². The molecule has 0 aliphatic carbocycles. The van der Waals surface area contributed by atoms with Gasteiger partial charge in [-0.15, -0.1) is 0 Å². The van der Waals surface area contributed by atoms with Crippen molar-refractivity contribution in [1.82, 2.24) is 20.0 Å². The van der Waals surface area contributed by atoms with E-state index in [-0.39, 0.29) is 0 Å². The van der Waals surface area contributed by atoms with Crippen molar-refractivity contribution in [2.45, 2.75) is 45.2 Å². The maximum Gasteiger partial charge on any atom is 0.339 e. The Morgan fingerprint density at radius 1 is 1.62 bits per heavy atom. The average Bonchev–Trinajstić information content (AvgIpc) is 3.07. The quantitative estimate of drug-likeness (QED) is 0.760. The molecule has 0 radical (unpaired) electrons. The Kier molecular flexibility index (Phi) is 5.76. The molecule has 2 N–H and O–H groups in total. The van der Waals surface area contributed by atoms with E-state index in [1.54, 1.807) is 4.68 Å². The lowest BCUT2D eigenvalue weighted by Gasteiger charge is -2.25. The highest BCUT2D eigenvalue weighted by molar-refractivity contribution is 5.88. The second kappa shape index (κ2) is 7.56. The molecule has 1 aliphatic heterocycles. The van der Waals surface area contributed by atoms with Crippen LogP contribution in [0.15, 0.2) is 6.20 Å². The number of aromatic carboxylic acids is 1. The molecule has 0 aromatic carbocycles.